The summed E-state index contributed by atoms with van der Waals surface area (Å²) >= 11 is 0. The third-order valence-electron chi connectivity index (χ3n) is 3.53. The summed E-state index contributed by atoms with van der Waals surface area (Å²) in [5, 5.41) is 9.27. The first-order valence-electron chi connectivity index (χ1n) is 6.31. The number of hydrogen-bond acceptors (Lipinski definition) is 2. The van der Waals surface area contributed by atoms with E-state index in [-0.39, 0.29) is 11.7 Å². The molecule has 0 radical (unpaired) electrons. The monoisotopic (exact) mass is 253 g/mol. The number of amides is 1. The molecule has 3 rings (SSSR count). The highest BCUT2D eigenvalue weighted by atomic mass is 16.3. The van der Waals surface area contributed by atoms with Gasteiger partial charge in [0, 0.05) is 18.7 Å². The van der Waals surface area contributed by atoms with Gasteiger partial charge in [-0.15, -0.1) is 0 Å². The molecule has 0 unspecified atom stereocenters. The minimum Gasteiger partial charge on any atom is -0.508 e. The minimum absolute atomic E-state index is 0.0983. The van der Waals surface area contributed by atoms with Gasteiger partial charge in [0.1, 0.15) is 5.75 Å². The number of nitrogens with zero attached hydrogens (tertiary/aromatic N) is 1. The van der Waals surface area contributed by atoms with Crippen LogP contribution in [0.25, 0.3) is 0 Å². The number of phenols is 1. The lowest BCUT2D eigenvalue weighted by atomic mass is 10.0. The van der Waals surface area contributed by atoms with Crippen molar-refractivity contribution in [2.24, 2.45) is 0 Å². The largest absolute Gasteiger partial charge is 0.508 e. The third-order valence-corrected chi connectivity index (χ3v) is 3.53. The Labute approximate surface area is 112 Å². The molecule has 0 bridgehead atoms. The lowest BCUT2D eigenvalue weighted by Gasteiger charge is -2.15. The molecule has 19 heavy (non-hydrogen) atoms. The zero-order chi connectivity index (χ0) is 13.4. The number of fused-ring (bicyclic) bond motifs is 1. The van der Waals surface area contributed by atoms with Crippen LogP contribution >= 0.6 is 0 Å². The summed E-state index contributed by atoms with van der Waals surface area (Å²) in [6, 6.07) is 13.0. The van der Waals surface area contributed by atoms with Crippen LogP contribution in [0.3, 0.4) is 0 Å². The fraction of sp³-hybridized carbons (Fsp3) is 0.188. The van der Waals surface area contributed by atoms with Crippen molar-refractivity contribution < 1.29 is 9.90 Å². The fourth-order valence-corrected chi connectivity index (χ4v) is 2.55. The van der Waals surface area contributed by atoms with Gasteiger partial charge in [0.05, 0.1) is 0 Å². The van der Waals surface area contributed by atoms with Gasteiger partial charge in [-0.05, 0) is 35.7 Å². The van der Waals surface area contributed by atoms with Crippen molar-refractivity contribution in [3.05, 3.63) is 64.7 Å². The van der Waals surface area contributed by atoms with Gasteiger partial charge in [-0.25, -0.2) is 0 Å². The molecule has 1 aliphatic rings. The molecule has 1 heterocycles. The zero-order valence-corrected chi connectivity index (χ0v) is 10.8. The highest BCUT2D eigenvalue weighted by Crippen LogP contribution is 2.27. The molecule has 0 fully saturated rings. The Bertz CT molecular complexity index is 632. The van der Waals surface area contributed by atoms with E-state index in [9.17, 15) is 9.90 Å². The van der Waals surface area contributed by atoms with E-state index in [0.717, 1.165) is 22.3 Å². The lowest BCUT2D eigenvalue weighted by molar-refractivity contribution is 0.0766. The molecule has 0 saturated carbocycles. The van der Waals surface area contributed by atoms with E-state index < -0.39 is 0 Å². The van der Waals surface area contributed by atoms with E-state index in [1.807, 2.05) is 42.2 Å². The molecule has 3 heteroatoms. The zero-order valence-electron chi connectivity index (χ0n) is 10.8. The Hall–Kier alpha value is -2.29. The first-order valence-corrected chi connectivity index (χ1v) is 6.31. The highest BCUT2D eigenvalue weighted by molar-refractivity contribution is 5.99. The standard InChI is InChI=1S/C16H15NO2/c1-11-3-2-4-13-10-17(16(19)15(11)13)9-12-5-7-14(18)8-6-12/h2-8,18H,9-10H2,1H3. The summed E-state index contributed by atoms with van der Waals surface area (Å²) in [4.78, 5) is 14.2. The normalized spacial score (nSPS) is 13.7. The number of aryl methyl sites for hydroxylation is 1. The van der Waals surface area contributed by atoms with Gasteiger partial charge >= 0.3 is 0 Å². The van der Waals surface area contributed by atoms with Gasteiger partial charge in [0.2, 0.25) is 0 Å². The van der Waals surface area contributed by atoms with Crippen LogP contribution in [0, 0.1) is 6.92 Å². The van der Waals surface area contributed by atoms with Crippen molar-refractivity contribution in [2.75, 3.05) is 0 Å². The van der Waals surface area contributed by atoms with Crippen LogP contribution in [-0.4, -0.2) is 15.9 Å². The van der Waals surface area contributed by atoms with E-state index in [2.05, 4.69) is 0 Å². The maximum Gasteiger partial charge on any atom is 0.255 e. The Morgan fingerprint density at radius 2 is 1.89 bits per heavy atom. The summed E-state index contributed by atoms with van der Waals surface area (Å²) in [7, 11) is 0. The molecule has 0 spiro atoms. The summed E-state index contributed by atoms with van der Waals surface area (Å²) in [5.41, 5.74) is 4.01. The number of phenolic OH excluding ortho intramolecular Hbond substituents is 1. The van der Waals surface area contributed by atoms with Crippen LogP contribution in [0.2, 0.25) is 0 Å². The minimum atomic E-state index is 0.0983. The average Bonchev–Trinajstić information content (AvgIpc) is 2.71. The van der Waals surface area contributed by atoms with Crippen LogP contribution in [0.1, 0.15) is 27.0 Å². The number of carbonyl (C=O) groups is 1. The van der Waals surface area contributed by atoms with E-state index in [1.54, 1.807) is 12.1 Å². The van der Waals surface area contributed by atoms with Crippen molar-refractivity contribution in [1.29, 1.82) is 0 Å². The number of benzene rings is 2. The topological polar surface area (TPSA) is 40.5 Å². The first-order chi connectivity index (χ1) is 9.15. The summed E-state index contributed by atoms with van der Waals surface area (Å²) < 4.78 is 0. The molecule has 1 N–H and O–H groups in total. The molecule has 2 aromatic rings. The summed E-state index contributed by atoms with van der Waals surface area (Å²) in [5.74, 6) is 0.344. The van der Waals surface area contributed by atoms with Gasteiger partial charge in [-0.3, -0.25) is 4.79 Å². The molecule has 2 aromatic carbocycles. The van der Waals surface area contributed by atoms with Crippen LogP contribution < -0.4 is 0 Å². The van der Waals surface area contributed by atoms with E-state index >= 15 is 0 Å². The quantitative estimate of drug-likeness (QED) is 0.894. The van der Waals surface area contributed by atoms with Gasteiger partial charge in [-0.1, -0.05) is 30.3 Å². The number of rotatable bonds is 2. The molecule has 3 nitrogen and oxygen atoms in total. The SMILES string of the molecule is Cc1cccc2c1C(=O)N(Cc1ccc(O)cc1)C2. The van der Waals surface area contributed by atoms with Crippen molar-refractivity contribution in [2.45, 2.75) is 20.0 Å². The molecule has 0 atom stereocenters. The van der Waals surface area contributed by atoms with Crippen molar-refractivity contribution >= 4 is 5.91 Å². The molecular weight excluding hydrogens is 238 g/mol. The Morgan fingerprint density at radius 3 is 2.58 bits per heavy atom. The summed E-state index contributed by atoms with van der Waals surface area (Å²) in [6.07, 6.45) is 0. The van der Waals surface area contributed by atoms with Crippen molar-refractivity contribution in [1.82, 2.24) is 4.90 Å². The third kappa shape index (κ3) is 2.08. The first kappa shape index (κ1) is 11.8. The van der Waals surface area contributed by atoms with Crippen LogP contribution in [0.4, 0.5) is 0 Å². The highest BCUT2D eigenvalue weighted by Gasteiger charge is 2.28. The van der Waals surface area contributed by atoms with Crippen molar-refractivity contribution in [3.63, 3.8) is 0 Å². The molecule has 0 saturated heterocycles. The van der Waals surface area contributed by atoms with Gasteiger partial charge in [0.25, 0.3) is 5.91 Å². The lowest BCUT2D eigenvalue weighted by Crippen LogP contribution is -2.23. The molecule has 0 aromatic heterocycles. The molecule has 0 aliphatic carbocycles. The molecule has 1 aliphatic heterocycles. The second-order valence-electron chi connectivity index (χ2n) is 4.94. The second kappa shape index (κ2) is 4.43. The molecule has 1 amide bonds. The number of aromatic hydroxyl groups is 1. The van der Waals surface area contributed by atoms with E-state index in [0.29, 0.717) is 13.1 Å². The van der Waals surface area contributed by atoms with Gasteiger partial charge < -0.3 is 10.0 Å². The molecular formula is C16H15NO2. The van der Waals surface area contributed by atoms with Crippen molar-refractivity contribution in [3.8, 4) is 5.75 Å². The van der Waals surface area contributed by atoms with Gasteiger partial charge in [-0.2, -0.15) is 0 Å². The summed E-state index contributed by atoms with van der Waals surface area (Å²) in [6.45, 7) is 3.21. The van der Waals surface area contributed by atoms with Crippen LogP contribution in [0.5, 0.6) is 5.75 Å². The van der Waals surface area contributed by atoms with E-state index in [1.165, 1.54) is 0 Å². The number of hydrogen-bond donors (Lipinski definition) is 1. The Morgan fingerprint density at radius 1 is 1.16 bits per heavy atom. The number of carbonyl (C=O) groups excluding carboxylic acids is 1. The fourth-order valence-electron chi connectivity index (χ4n) is 2.55. The maximum atomic E-state index is 12.4. The van der Waals surface area contributed by atoms with Crippen LogP contribution in [0.15, 0.2) is 42.5 Å². The van der Waals surface area contributed by atoms with E-state index in [4.69, 9.17) is 0 Å². The smallest absolute Gasteiger partial charge is 0.255 e. The predicted molar refractivity (Wildman–Crippen MR) is 72.9 cm³/mol. The molecule has 96 valence electrons. The Balaban J connectivity index is 1.84. The predicted octanol–water partition coefficient (Wildman–Crippen LogP) is 2.86. The Kier molecular flexibility index (Phi) is 2.75. The second-order valence-corrected chi connectivity index (χ2v) is 4.94. The van der Waals surface area contributed by atoms with Gasteiger partial charge in [0.15, 0.2) is 0 Å². The van der Waals surface area contributed by atoms with Crippen LogP contribution in [-0.2, 0) is 13.1 Å². The maximum absolute atomic E-state index is 12.4. The average molecular weight is 253 g/mol.